The van der Waals surface area contributed by atoms with Gasteiger partial charge in [0.15, 0.2) is 0 Å². The van der Waals surface area contributed by atoms with Crippen molar-refractivity contribution in [1.29, 1.82) is 5.26 Å². The Labute approximate surface area is 180 Å². The highest BCUT2D eigenvalue weighted by molar-refractivity contribution is 7.20. The molecule has 0 radical (unpaired) electrons. The zero-order valence-corrected chi connectivity index (χ0v) is 17.0. The number of anilines is 1. The molecular formula is C22H17F2N5OS. The van der Waals surface area contributed by atoms with E-state index in [1.165, 1.54) is 46.4 Å². The van der Waals surface area contributed by atoms with Crippen LogP contribution in [0.15, 0.2) is 48.5 Å². The van der Waals surface area contributed by atoms with Crippen molar-refractivity contribution >= 4 is 33.1 Å². The molecule has 3 N–H and O–H groups in total. The van der Waals surface area contributed by atoms with Gasteiger partial charge < -0.3 is 11.1 Å². The van der Waals surface area contributed by atoms with E-state index in [0.717, 1.165) is 0 Å². The summed E-state index contributed by atoms with van der Waals surface area (Å²) < 4.78 is 29.1. The van der Waals surface area contributed by atoms with Gasteiger partial charge in [-0.3, -0.25) is 4.79 Å². The summed E-state index contributed by atoms with van der Waals surface area (Å²) in [6, 6.07) is 14.0. The molecule has 0 spiro atoms. The fourth-order valence-corrected chi connectivity index (χ4v) is 4.23. The van der Waals surface area contributed by atoms with Gasteiger partial charge in [-0.1, -0.05) is 6.07 Å². The molecule has 0 bridgehead atoms. The number of carbonyl (C=O) groups excluding carboxylic acids is 1. The van der Waals surface area contributed by atoms with E-state index in [-0.39, 0.29) is 28.9 Å². The van der Waals surface area contributed by atoms with E-state index in [1.54, 1.807) is 18.2 Å². The Kier molecular flexibility index (Phi) is 5.64. The molecule has 31 heavy (non-hydrogen) atoms. The first kappa shape index (κ1) is 20.5. The number of carbonyl (C=O) groups is 1. The standard InChI is InChI=1S/C22H17F2N5OS/c23-13-6-8-14(9-7-13)29-21(26)16(12-25)18(28-29)4-2-10-27-22(30)20-11-15-17(24)3-1-5-19(15)31-20/h1,3,5-9,11H,2,4,10,26H2,(H,27,30). The van der Waals surface area contributed by atoms with Crippen LogP contribution in [-0.2, 0) is 6.42 Å². The smallest absolute Gasteiger partial charge is 0.261 e. The normalized spacial score (nSPS) is 10.9. The van der Waals surface area contributed by atoms with Crippen molar-refractivity contribution in [2.75, 3.05) is 12.3 Å². The molecule has 0 aliphatic carbocycles. The van der Waals surface area contributed by atoms with Crippen LogP contribution in [0.25, 0.3) is 15.8 Å². The number of aromatic nitrogens is 2. The van der Waals surface area contributed by atoms with Gasteiger partial charge in [0.1, 0.15) is 29.1 Å². The highest BCUT2D eigenvalue weighted by atomic mass is 32.1. The number of thiophene rings is 1. The van der Waals surface area contributed by atoms with Crippen molar-refractivity contribution in [2.45, 2.75) is 12.8 Å². The maximum absolute atomic E-state index is 13.8. The Hall–Kier alpha value is -3.77. The van der Waals surface area contributed by atoms with E-state index in [2.05, 4.69) is 16.5 Å². The van der Waals surface area contributed by atoms with Gasteiger partial charge in [0.25, 0.3) is 5.91 Å². The minimum Gasteiger partial charge on any atom is -0.382 e. The van der Waals surface area contributed by atoms with E-state index in [9.17, 15) is 18.8 Å². The largest absolute Gasteiger partial charge is 0.382 e. The summed E-state index contributed by atoms with van der Waals surface area (Å²) in [6.07, 6.45) is 0.947. The summed E-state index contributed by atoms with van der Waals surface area (Å²) in [5.41, 5.74) is 7.36. The molecule has 4 aromatic rings. The number of rotatable bonds is 6. The molecule has 1 amide bonds. The van der Waals surface area contributed by atoms with E-state index in [4.69, 9.17) is 5.73 Å². The van der Waals surface area contributed by atoms with Crippen LogP contribution in [0.4, 0.5) is 14.6 Å². The first-order chi connectivity index (χ1) is 15.0. The number of amides is 1. The number of nitrogens with two attached hydrogens (primary N) is 1. The predicted molar refractivity (Wildman–Crippen MR) is 115 cm³/mol. The third kappa shape index (κ3) is 4.11. The Morgan fingerprint density at radius 3 is 2.71 bits per heavy atom. The topological polar surface area (TPSA) is 96.7 Å². The number of benzene rings is 2. The maximum atomic E-state index is 13.8. The second-order valence-corrected chi connectivity index (χ2v) is 7.91. The Morgan fingerprint density at radius 1 is 1.23 bits per heavy atom. The lowest BCUT2D eigenvalue weighted by molar-refractivity contribution is 0.0957. The summed E-state index contributed by atoms with van der Waals surface area (Å²) >= 11 is 1.23. The zero-order chi connectivity index (χ0) is 22.0. The Balaban J connectivity index is 1.40. The highest BCUT2D eigenvalue weighted by Crippen LogP contribution is 2.27. The molecule has 0 aliphatic heterocycles. The van der Waals surface area contributed by atoms with Crippen LogP contribution in [0.1, 0.15) is 27.3 Å². The van der Waals surface area contributed by atoms with Crippen LogP contribution >= 0.6 is 11.3 Å². The number of aryl methyl sites for hydroxylation is 1. The third-order valence-electron chi connectivity index (χ3n) is 4.78. The zero-order valence-electron chi connectivity index (χ0n) is 16.2. The molecule has 0 saturated heterocycles. The van der Waals surface area contributed by atoms with Crippen molar-refractivity contribution in [3.05, 3.63) is 76.3 Å². The Morgan fingerprint density at radius 2 is 2.00 bits per heavy atom. The first-order valence-corrected chi connectivity index (χ1v) is 10.3. The third-order valence-corrected chi connectivity index (χ3v) is 5.88. The van der Waals surface area contributed by atoms with Crippen LogP contribution < -0.4 is 11.1 Å². The number of fused-ring (bicyclic) bond motifs is 1. The minimum atomic E-state index is -0.382. The van der Waals surface area contributed by atoms with Gasteiger partial charge in [-0.15, -0.1) is 11.3 Å². The average Bonchev–Trinajstić information content (AvgIpc) is 3.34. The number of nitriles is 1. The van der Waals surface area contributed by atoms with Crippen LogP contribution in [-0.4, -0.2) is 22.2 Å². The van der Waals surface area contributed by atoms with E-state index >= 15 is 0 Å². The van der Waals surface area contributed by atoms with Crippen LogP contribution in [0, 0.1) is 23.0 Å². The van der Waals surface area contributed by atoms with Gasteiger partial charge >= 0.3 is 0 Å². The molecule has 0 saturated carbocycles. The summed E-state index contributed by atoms with van der Waals surface area (Å²) in [7, 11) is 0. The fourth-order valence-electron chi connectivity index (χ4n) is 3.24. The molecule has 0 aliphatic rings. The molecule has 6 nitrogen and oxygen atoms in total. The molecule has 0 atom stereocenters. The number of nitrogen functional groups attached to an aromatic ring is 1. The van der Waals surface area contributed by atoms with Crippen molar-refractivity contribution in [1.82, 2.24) is 15.1 Å². The lowest BCUT2D eigenvalue weighted by Crippen LogP contribution is -2.23. The number of hydrogen-bond acceptors (Lipinski definition) is 5. The maximum Gasteiger partial charge on any atom is 0.261 e. The van der Waals surface area contributed by atoms with E-state index in [0.29, 0.717) is 45.7 Å². The number of nitrogens with one attached hydrogen (secondary N) is 1. The van der Waals surface area contributed by atoms with Crippen molar-refractivity contribution < 1.29 is 13.6 Å². The molecule has 2 aromatic heterocycles. The quantitative estimate of drug-likeness (QED) is 0.442. The van der Waals surface area contributed by atoms with E-state index < -0.39 is 0 Å². The van der Waals surface area contributed by atoms with Gasteiger partial charge in [-0.25, -0.2) is 13.5 Å². The molecule has 2 heterocycles. The first-order valence-electron chi connectivity index (χ1n) is 9.47. The average molecular weight is 437 g/mol. The predicted octanol–water partition coefficient (Wildman–Crippen LogP) is 4.18. The SMILES string of the molecule is N#Cc1c(CCCNC(=O)c2cc3c(F)cccc3s2)nn(-c2ccc(F)cc2)c1N. The second kappa shape index (κ2) is 8.53. The molecule has 156 valence electrons. The van der Waals surface area contributed by atoms with Crippen LogP contribution in [0.5, 0.6) is 0 Å². The lowest BCUT2D eigenvalue weighted by Gasteiger charge is -2.03. The van der Waals surface area contributed by atoms with Gasteiger partial charge in [0, 0.05) is 16.6 Å². The molecule has 2 aromatic carbocycles. The number of nitrogens with zero attached hydrogens (tertiary/aromatic N) is 3. The van der Waals surface area contributed by atoms with Gasteiger partial charge in [0.05, 0.1) is 16.3 Å². The number of hydrogen-bond donors (Lipinski definition) is 2. The van der Waals surface area contributed by atoms with Crippen LogP contribution in [0.3, 0.4) is 0 Å². The summed E-state index contributed by atoms with van der Waals surface area (Å²) in [5, 5.41) is 17.1. The van der Waals surface area contributed by atoms with Crippen molar-refractivity contribution in [2.24, 2.45) is 0 Å². The van der Waals surface area contributed by atoms with Gasteiger partial charge in [-0.05, 0) is 55.3 Å². The van der Waals surface area contributed by atoms with E-state index in [1.807, 2.05) is 0 Å². The molecule has 9 heteroatoms. The summed E-state index contributed by atoms with van der Waals surface area (Å²) in [5.74, 6) is -0.837. The Bertz CT molecular complexity index is 1300. The molecular weight excluding hydrogens is 420 g/mol. The fraction of sp³-hybridized carbons (Fsp3) is 0.136. The van der Waals surface area contributed by atoms with Crippen molar-refractivity contribution in [3.63, 3.8) is 0 Å². The van der Waals surface area contributed by atoms with Crippen molar-refractivity contribution in [3.8, 4) is 11.8 Å². The number of halogens is 2. The monoisotopic (exact) mass is 437 g/mol. The highest BCUT2D eigenvalue weighted by Gasteiger charge is 2.17. The molecule has 0 fully saturated rings. The second-order valence-electron chi connectivity index (χ2n) is 6.83. The summed E-state index contributed by atoms with van der Waals surface area (Å²) in [4.78, 5) is 12.8. The minimum absolute atomic E-state index is 0.181. The van der Waals surface area contributed by atoms with Gasteiger partial charge in [0.2, 0.25) is 0 Å². The molecule has 0 unspecified atom stereocenters. The summed E-state index contributed by atoms with van der Waals surface area (Å²) in [6.45, 7) is 0.351. The molecule has 4 rings (SSSR count). The lowest BCUT2D eigenvalue weighted by atomic mass is 10.1. The van der Waals surface area contributed by atoms with Crippen LogP contribution in [0.2, 0.25) is 0 Å². The van der Waals surface area contributed by atoms with Gasteiger partial charge in [-0.2, -0.15) is 10.4 Å².